The molecule has 3 heterocycles. The van der Waals surface area contributed by atoms with E-state index in [1.54, 1.807) is 12.1 Å². The average molecular weight is 424 g/mol. The molecular weight excluding hydrogens is 404 g/mol. The highest BCUT2D eigenvalue weighted by atomic mass is 32.1. The molecule has 154 valence electrons. The van der Waals surface area contributed by atoms with E-state index in [1.807, 2.05) is 25.2 Å². The van der Waals surface area contributed by atoms with E-state index in [9.17, 15) is 14.4 Å². The number of methoxy groups -OCH3 is 1. The molecule has 1 saturated heterocycles. The maximum absolute atomic E-state index is 12.9. The van der Waals surface area contributed by atoms with Crippen molar-refractivity contribution < 1.29 is 19.1 Å². The lowest BCUT2D eigenvalue weighted by Gasteiger charge is -2.26. The molecule has 1 fully saturated rings. The van der Waals surface area contributed by atoms with Crippen molar-refractivity contribution in [3.8, 4) is 17.6 Å². The molecule has 0 bridgehead atoms. The van der Waals surface area contributed by atoms with Crippen LogP contribution in [0.25, 0.3) is 0 Å². The molecule has 8 nitrogen and oxygen atoms in total. The van der Waals surface area contributed by atoms with E-state index < -0.39 is 17.5 Å². The van der Waals surface area contributed by atoms with Gasteiger partial charge in [0, 0.05) is 23.5 Å². The number of carbonyl (C=O) groups excluding carboxylic acids is 3. The first-order valence-electron chi connectivity index (χ1n) is 9.30. The van der Waals surface area contributed by atoms with Crippen molar-refractivity contribution in [1.29, 1.82) is 0 Å². The summed E-state index contributed by atoms with van der Waals surface area (Å²) in [5.41, 5.74) is -0.146. The molecule has 0 radical (unpaired) electrons. The number of hydrogen-bond acceptors (Lipinski definition) is 6. The SMILES string of the molecule is CNCc1ccc(C#C[C@]2(CN3Cc4ccc(OC)cc4C3=O)NC(=O)NC2=O)s1. The van der Waals surface area contributed by atoms with Gasteiger partial charge in [0.15, 0.2) is 0 Å². The van der Waals surface area contributed by atoms with Gasteiger partial charge in [0.2, 0.25) is 5.54 Å². The fraction of sp³-hybridized carbons (Fsp3) is 0.286. The molecule has 1 aromatic carbocycles. The number of thiophene rings is 1. The van der Waals surface area contributed by atoms with E-state index in [0.717, 1.165) is 21.9 Å². The van der Waals surface area contributed by atoms with Crippen molar-refractivity contribution in [2.24, 2.45) is 0 Å². The number of benzene rings is 1. The summed E-state index contributed by atoms with van der Waals surface area (Å²) in [7, 11) is 3.40. The van der Waals surface area contributed by atoms with Crippen LogP contribution in [-0.2, 0) is 17.9 Å². The Morgan fingerprint density at radius 3 is 2.80 bits per heavy atom. The molecule has 0 aliphatic carbocycles. The van der Waals surface area contributed by atoms with Crippen LogP contribution in [0.15, 0.2) is 30.3 Å². The van der Waals surface area contributed by atoms with Crippen LogP contribution >= 0.6 is 11.3 Å². The van der Waals surface area contributed by atoms with Gasteiger partial charge in [-0.1, -0.05) is 17.9 Å². The van der Waals surface area contributed by atoms with Gasteiger partial charge in [-0.25, -0.2) is 4.79 Å². The molecular formula is C21H20N4O4S. The Labute approximate surface area is 177 Å². The number of ether oxygens (including phenoxy) is 1. The third kappa shape index (κ3) is 3.63. The first kappa shape index (κ1) is 19.9. The zero-order valence-corrected chi connectivity index (χ0v) is 17.3. The summed E-state index contributed by atoms with van der Waals surface area (Å²) in [6.07, 6.45) is 0. The van der Waals surface area contributed by atoms with Crippen LogP contribution in [-0.4, -0.2) is 49.0 Å². The van der Waals surface area contributed by atoms with Crippen LogP contribution < -0.4 is 20.7 Å². The smallest absolute Gasteiger partial charge is 0.323 e. The van der Waals surface area contributed by atoms with E-state index in [1.165, 1.54) is 23.3 Å². The second-order valence-corrected chi connectivity index (χ2v) is 8.21. The molecule has 1 atom stereocenters. The minimum absolute atomic E-state index is 0.0534. The highest BCUT2D eigenvalue weighted by Crippen LogP contribution is 2.28. The van der Waals surface area contributed by atoms with Crippen molar-refractivity contribution in [2.75, 3.05) is 20.7 Å². The van der Waals surface area contributed by atoms with E-state index in [0.29, 0.717) is 17.9 Å². The van der Waals surface area contributed by atoms with Crippen LogP contribution in [0.3, 0.4) is 0 Å². The molecule has 2 aliphatic rings. The molecule has 4 rings (SSSR count). The number of rotatable bonds is 5. The molecule has 30 heavy (non-hydrogen) atoms. The molecule has 4 amide bonds. The summed E-state index contributed by atoms with van der Waals surface area (Å²) in [5, 5.41) is 7.93. The largest absolute Gasteiger partial charge is 0.497 e. The average Bonchev–Trinajstić information content (AvgIpc) is 3.38. The second kappa shape index (κ2) is 7.82. The van der Waals surface area contributed by atoms with Crippen LogP contribution in [0.5, 0.6) is 5.75 Å². The second-order valence-electron chi connectivity index (χ2n) is 7.04. The van der Waals surface area contributed by atoms with E-state index in [2.05, 4.69) is 27.8 Å². The summed E-state index contributed by atoms with van der Waals surface area (Å²) >= 11 is 1.50. The quantitative estimate of drug-likeness (QED) is 0.492. The lowest BCUT2D eigenvalue weighted by Crippen LogP contribution is -2.54. The number of imide groups is 1. The van der Waals surface area contributed by atoms with Crippen molar-refractivity contribution in [3.05, 3.63) is 51.2 Å². The molecule has 0 unspecified atom stereocenters. The van der Waals surface area contributed by atoms with Crippen molar-refractivity contribution in [1.82, 2.24) is 20.9 Å². The maximum Gasteiger partial charge on any atom is 0.323 e. The topological polar surface area (TPSA) is 99.8 Å². The number of nitrogens with one attached hydrogen (secondary N) is 3. The Kier molecular flexibility index (Phi) is 5.20. The fourth-order valence-corrected chi connectivity index (χ4v) is 4.37. The van der Waals surface area contributed by atoms with Gasteiger partial charge in [-0.05, 0) is 36.9 Å². The first-order chi connectivity index (χ1) is 14.4. The molecule has 0 saturated carbocycles. The summed E-state index contributed by atoms with van der Waals surface area (Å²) in [5.74, 6) is 5.71. The Bertz CT molecular complexity index is 1100. The predicted octanol–water partition coefficient (Wildman–Crippen LogP) is 1.06. The molecule has 0 spiro atoms. The van der Waals surface area contributed by atoms with Gasteiger partial charge in [-0.2, -0.15) is 0 Å². The van der Waals surface area contributed by atoms with Gasteiger partial charge in [0.1, 0.15) is 5.75 Å². The number of nitrogens with zero attached hydrogens (tertiary/aromatic N) is 1. The zero-order chi connectivity index (χ0) is 21.3. The molecule has 2 aromatic rings. The van der Waals surface area contributed by atoms with Crippen LogP contribution in [0.2, 0.25) is 0 Å². The standard InChI is InChI=1S/C21H20N4O4S/c1-22-10-16-6-5-15(30-16)7-8-21(19(27)23-20(28)24-21)12-25-11-13-3-4-14(29-2)9-17(13)18(25)26/h3-6,9,22H,10-12H2,1-2H3,(H2,23,24,27,28)/t21-/m1/s1. The van der Waals surface area contributed by atoms with Gasteiger partial charge in [-0.3, -0.25) is 14.9 Å². The molecule has 3 N–H and O–H groups in total. The van der Waals surface area contributed by atoms with Crippen molar-refractivity contribution in [2.45, 2.75) is 18.6 Å². The minimum Gasteiger partial charge on any atom is -0.497 e. The van der Waals surface area contributed by atoms with Gasteiger partial charge in [0.05, 0.1) is 18.5 Å². The lowest BCUT2D eigenvalue weighted by molar-refractivity contribution is -0.122. The Morgan fingerprint density at radius 1 is 1.27 bits per heavy atom. The number of amides is 4. The van der Waals surface area contributed by atoms with Crippen molar-refractivity contribution >= 4 is 29.2 Å². The normalized spacial score (nSPS) is 19.8. The van der Waals surface area contributed by atoms with E-state index in [4.69, 9.17) is 4.74 Å². The Morgan fingerprint density at radius 2 is 2.10 bits per heavy atom. The summed E-state index contributed by atoms with van der Waals surface area (Å²) in [6.45, 7) is 0.997. The highest BCUT2D eigenvalue weighted by Gasteiger charge is 2.48. The lowest BCUT2D eigenvalue weighted by atomic mass is 9.99. The third-order valence-electron chi connectivity index (χ3n) is 4.98. The monoisotopic (exact) mass is 424 g/mol. The third-order valence-corrected chi connectivity index (χ3v) is 5.98. The number of carbonyl (C=O) groups is 3. The molecule has 1 aromatic heterocycles. The minimum atomic E-state index is -1.51. The number of hydrogen-bond donors (Lipinski definition) is 3. The van der Waals surface area contributed by atoms with Crippen LogP contribution in [0.4, 0.5) is 4.79 Å². The number of urea groups is 1. The van der Waals surface area contributed by atoms with Gasteiger partial charge >= 0.3 is 6.03 Å². The maximum atomic E-state index is 12.9. The Hall–Kier alpha value is -3.35. The molecule has 2 aliphatic heterocycles. The predicted molar refractivity (Wildman–Crippen MR) is 111 cm³/mol. The fourth-order valence-electron chi connectivity index (χ4n) is 3.49. The zero-order valence-electron chi connectivity index (χ0n) is 16.5. The van der Waals surface area contributed by atoms with Crippen molar-refractivity contribution in [3.63, 3.8) is 0 Å². The van der Waals surface area contributed by atoms with Gasteiger partial charge in [-0.15, -0.1) is 11.3 Å². The van der Waals surface area contributed by atoms with E-state index in [-0.39, 0.29) is 12.5 Å². The van der Waals surface area contributed by atoms with E-state index >= 15 is 0 Å². The number of fused-ring (bicyclic) bond motifs is 1. The Balaban J connectivity index is 1.61. The van der Waals surface area contributed by atoms with Gasteiger partial charge < -0.3 is 20.3 Å². The van der Waals surface area contributed by atoms with Crippen LogP contribution in [0.1, 0.15) is 25.7 Å². The summed E-state index contributed by atoms with van der Waals surface area (Å²) in [4.78, 5) is 40.8. The first-order valence-corrected chi connectivity index (χ1v) is 10.1. The molecule has 9 heteroatoms. The van der Waals surface area contributed by atoms with Crippen LogP contribution in [0, 0.1) is 11.8 Å². The van der Waals surface area contributed by atoms with Gasteiger partial charge in [0.25, 0.3) is 11.8 Å². The summed E-state index contributed by atoms with van der Waals surface area (Å²) < 4.78 is 5.20. The summed E-state index contributed by atoms with van der Waals surface area (Å²) in [6, 6.07) is 8.50. The highest BCUT2D eigenvalue weighted by molar-refractivity contribution is 7.12.